The Kier molecular flexibility index (Phi) is 8.33. The molecule has 28 heavy (non-hydrogen) atoms. The molecule has 2 aliphatic heterocycles. The Bertz CT molecular complexity index is 633. The van der Waals surface area contributed by atoms with Crippen LogP contribution in [0.1, 0.15) is 31.2 Å². The number of carbonyl (C=O) groups is 1. The fourth-order valence-corrected chi connectivity index (χ4v) is 3.85. The van der Waals surface area contributed by atoms with Crippen LogP contribution in [0.5, 0.6) is 0 Å². The number of fused-ring (bicyclic) bond motifs is 2. The predicted octanol–water partition coefficient (Wildman–Crippen LogP) is 3.56. The van der Waals surface area contributed by atoms with Crippen molar-refractivity contribution >= 4 is 6.09 Å². The molecule has 2 atom stereocenters. The first kappa shape index (κ1) is 20.8. The molecule has 1 aromatic carbocycles. The third-order valence-electron chi connectivity index (χ3n) is 5.26. The van der Waals surface area contributed by atoms with Gasteiger partial charge in [0.1, 0.15) is 6.61 Å². The Balaban J connectivity index is 1.37. The van der Waals surface area contributed by atoms with Crippen LogP contribution in [-0.2, 0) is 25.6 Å². The quantitative estimate of drug-likeness (QED) is 0.428. The van der Waals surface area contributed by atoms with E-state index in [9.17, 15) is 4.79 Å². The smallest absolute Gasteiger partial charge is 0.410 e. The molecule has 1 fully saturated rings. The molecule has 0 spiro atoms. The van der Waals surface area contributed by atoms with E-state index >= 15 is 0 Å². The minimum absolute atomic E-state index is 0.161. The second-order valence-corrected chi connectivity index (χ2v) is 7.24. The van der Waals surface area contributed by atoms with E-state index in [0.717, 1.165) is 31.2 Å². The van der Waals surface area contributed by atoms with Gasteiger partial charge in [0.2, 0.25) is 0 Å². The van der Waals surface area contributed by atoms with E-state index in [1.54, 1.807) is 7.11 Å². The second kappa shape index (κ2) is 11.2. The molecule has 2 aliphatic rings. The molecule has 3 rings (SSSR count). The maximum Gasteiger partial charge on any atom is 0.410 e. The number of rotatable bonds is 11. The van der Waals surface area contributed by atoms with Gasteiger partial charge in [-0.15, -0.1) is 0 Å². The first-order valence-electron chi connectivity index (χ1n) is 10.1. The van der Waals surface area contributed by atoms with Crippen molar-refractivity contribution in [2.45, 2.75) is 44.4 Å². The van der Waals surface area contributed by atoms with Crippen molar-refractivity contribution in [2.75, 3.05) is 40.1 Å². The highest BCUT2D eigenvalue weighted by molar-refractivity contribution is 5.70. The van der Waals surface area contributed by atoms with E-state index in [1.807, 2.05) is 35.2 Å². The van der Waals surface area contributed by atoms with Gasteiger partial charge in [-0.25, -0.2) is 4.79 Å². The monoisotopic (exact) mass is 389 g/mol. The molecule has 0 aromatic heterocycles. The first-order valence-corrected chi connectivity index (χ1v) is 10.1. The lowest BCUT2D eigenvalue weighted by atomic mass is 9.99. The zero-order chi connectivity index (χ0) is 19.6. The van der Waals surface area contributed by atoms with Crippen LogP contribution in [0.3, 0.4) is 0 Å². The Morgan fingerprint density at radius 1 is 1.04 bits per heavy atom. The summed E-state index contributed by atoms with van der Waals surface area (Å²) in [5.41, 5.74) is 2.40. The van der Waals surface area contributed by atoms with E-state index < -0.39 is 0 Å². The number of methoxy groups -OCH3 is 1. The highest BCUT2D eigenvalue weighted by Gasteiger charge is 2.40. The van der Waals surface area contributed by atoms with Crippen molar-refractivity contribution in [2.24, 2.45) is 0 Å². The van der Waals surface area contributed by atoms with Crippen molar-refractivity contribution in [3.05, 3.63) is 47.5 Å². The van der Waals surface area contributed by atoms with Crippen LogP contribution in [-0.4, -0.2) is 63.2 Å². The Morgan fingerprint density at radius 3 is 2.54 bits per heavy atom. The molecule has 0 radical (unpaired) electrons. The second-order valence-electron chi connectivity index (χ2n) is 7.24. The fourth-order valence-electron chi connectivity index (χ4n) is 3.85. The molecular formula is C22H31NO5. The Morgan fingerprint density at radius 2 is 1.79 bits per heavy atom. The lowest BCUT2D eigenvalue weighted by Crippen LogP contribution is -2.43. The Labute approximate surface area is 167 Å². The molecule has 6 heteroatoms. The molecule has 0 aliphatic carbocycles. The number of nitrogens with zero attached hydrogens (tertiary/aromatic N) is 1. The largest absolute Gasteiger partial charge is 0.445 e. The number of benzene rings is 1. The number of hydrogen-bond acceptors (Lipinski definition) is 5. The normalized spacial score (nSPS) is 20.9. The van der Waals surface area contributed by atoms with E-state index in [0.29, 0.717) is 39.6 Å². The topological polar surface area (TPSA) is 57.2 Å². The summed E-state index contributed by atoms with van der Waals surface area (Å²) in [5, 5.41) is 0. The van der Waals surface area contributed by atoms with Crippen LogP contribution >= 0.6 is 0 Å². The lowest BCUT2D eigenvalue weighted by molar-refractivity contribution is 0.0251. The van der Waals surface area contributed by atoms with Gasteiger partial charge in [-0.1, -0.05) is 42.0 Å². The molecule has 2 unspecified atom stereocenters. The summed E-state index contributed by atoms with van der Waals surface area (Å²) in [6.07, 6.45) is 5.94. The van der Waals surface area contributed by atoms with Crippen LogP contribution in [0.25, 0.3) is 0 Å². The minimum Gasteiger partial charge on any atom is -0.445 e. The SMILES string of the molecule is COCCOCCOCCC1=CC2CCC(C1)N2C(=O)OCc1ccccc1. The van der Waals surface area contributed by atoms with Gasteiger partial charge in [0.15, 0.2) is 0 Å². The average Bonchev–Trinajstić information content (AvgIpc) is 2.99. The number of carbonyl (C=O) groups excluding carboxylic acids is 1. The van der Waals surface area contributed by atoms with Crippen LogP contribution < -0.4 is 0 Å². The molecule has 154 valence electrons. The minimum atomic E-state index is -0.198. The van der Waals surface area contributed by atoms with Gasteiger partial charge in [0.25, 0.3) is 0 Å². The zero-order valence-electron chi connectivity index (χ0n) is 16.7. The summed E-state index contributed by atoms with van der Waals surface area (Å²) in [7, 11) is 1.66. The molecule has 2 heterocycles. The molecule has 1 aromatic rings. The van der Waals surface area contributed by atoms with Gasteiger partial charge in [-0.05, 0) is 31.2 Å². The highest BCUT2D eigenvalue weighted by Crippen LogP contribution is 2.36. The molecule has 0 saturated carbocycles. The number of amides is 1. The molecule has 6 nitrogen and oxygen atoms in total. The summed E-state index contributed by atoms with van der Waals surface area (Å²) in [6, 6.07) is 10.2. The summed E-state index contributed by atoms with van der Waals surface area (Å²) in [5.74, 6) is 0. The van der Waals surface area contributed by atoms with Gasteiger partial charge in [0.05, 0.1) is 39.1 Å². The highest BCUT2D eigenvalue weighted by atomic mass is 16.6. The van der Waals surface area contributed by atoms with Crippen LogP contribution in [0.2, 0.25) is 0 Å². The average molecular weight is 389 g/mol. The Hall–Kier alpha value is -1.89. The van der Waals surface area contributed by atoms with E-state index in [-0.39, 0.29) is 18.2 Å². The van der Waals surface area contributed by atoms with Crippen molar-refractivity contribution in [3.8, 4) is 0 Å². The van der Waals surface area contributed by atoms with E-state index in [1.165, 1.54) is 5.57 Å². The third kappa shape index (κ3) is 6.06. The molecule has 2 bridgehead atoms. The lowest BCUT2D eigenvalue weighted by Gasteiger charge is -2.33. The third-order valence-corrected chi connectivity index (χ3v) is 5.26. The maximum atomic E-state index is 12.6. The van der Waals surface area contributed by atoms with Crippen LogP contribution in [0, 0.1) is 0 Å². The predicted molar refractivity (Wildman–Crippen MR) is 106 cm³/mol. The van der Waals surface area contributed by atoms with Crippen LogP contribution in [0.4, 0.5) is 4.79 Å². The number of hydrogen-bond donors (Lipinski definition) is 0. The molecule has 1 saturated heterocycles. The maximum absolute atomic E-state index is 12.6. The van der Waals surface area contributed by atoms with Gasteiger partial charge in [-0.3, -0.25) is 4.90 Å². The number of ether oxygens (including phenoxy) is 4. The first-order chi connectivity index (χ1) is 13.8. The summed E-state index contributed by atoms with van der Waals surface area (Å²) in [4.78, 5) is 14.5. The van der Waals surface area contributed by atoms with Gasteiger partial charge >= 0.3 is 6.09 Å². The molecule has 0 N–H and O–H groups in total. The summed E-state index contributed by atoms with van der Waals surface area (Å²) in [6.45, 7) is 3.42. The fraction of sp³-hybridized carbons (Fsp3) is 0.591. The standard InChI is InChI=1S/C22H31NO5/c1-25-11-12-27-14-13-26-10-9-19-15-20-7-8-21(16-19)23(20)22(24)28-17-18-5-3-2-4-6-18/h2-6,15,20-21H,7-14,16-17H2,1H3. The van der Waals surface area contributed by atoms with E-state index in [2.05, 4.69) is 6.08 Å². The molecular weight excluding hydrogens is 358 g/mol. The van der Waals surface area contributed by atoms with Crippen molar-refractivity contribution in [1.82, 2.24) is 4.90 Å². The van der Waals surface area contributed by atoms with Gasteiger partial charge in [-0.2, -0.15) is 0 Å². The van der Waals surface area contributed by atoms with Crippen LogP contribution in [0.15, 0.2) is 42.0 Å². The van der Waals surface area contributed by atoms with Crippen molar-refractivity contribution in [3.63, 3.8) is 0 Å². The summed E-state index contributed by atoms with van der Waals surface area (Å²) >= 11 is 0. The molecule has 1 amide bonds. The zero-order valence-corrected chi connectivity index (χ0v) is 16.7. The van der Waals surface area contributed by atoms with Gasteiger partial charge in [0, 0.05) is 13.2 Å². The van der Waals surface area contributed by atoms with Crippen molar-refractivity contribution in [1.29, 1.82) is 0 Å². The van der Waals surface area contributed by atoms with Gasteiger partial charge < -0.3 is 18.9 Å². The van der Waals surface area contributed by atoms with E-state index in [4.69, 9.17) is 18.9 Å². The van der Waals surface area contributed by atoms with Crippen molar-refractivity contribution < 1.29 is 23.7 Å². The summed E-state index contributed by atoms with van der Waals surface area (Å²) < 4.78 is 21.5.